The molecule has 0 aliphatic heterocycles. The summed E-state index contributed by atoms with van der Waals surface area (Å²) in [7, 11) is 1.27. The van der Waals surface area contributed by atoms with E-state index in [4.69, 9.17) is 9.15 Å². The van der Waals surface area contributed by atoms with Crippen molar-refractivity contribution in [3.05, 3.63) is 57.8 Å². The number of amides is 1. The van der Waals surface area contributed by atoms with Crippen LogP contribution in [0.5, 0.6) is 0 Å². The lowest BCUT2D eigenvalue weighted by molar-refractivity contribution is -0.113. The summed E-state index contributed by atoms with van der Waals surface area (Å²) < 4.78 is 26.4. The molecule has 0 aliphatic carbocycles. The second-order valence-corrected chi connectivity index (χ2v) is 9.85. The molecule has 1 aromatic carbocycles. The maximum Gasteiger partial charge on any atom is 0.341 e. The predicted octanol–water partition coefficient (Wildman–Crippen LogP) is 6.10. The zero-order chi connectivity index (χ0) is 24.9. The van der Waals surface area contributed by atoms with Gasteiger partial charge in [0.15, 0.2) is 15.6 Å². The van der Waals surface area contributed by atoms with Gasteiger partial charge in [0.05, 0.1) is 12.9 Å². The number of thiophene rings is 1. The number of halogens is 2. The van der Waals surface area contributed by atoms with E-state index >= 15 is 0 Å². The topological polar surface area (TPSA) is 99.2 Å². The van der Waals surface area contributed by atoms with Crippen molar-refractivity contribution < 1.29 is 23.1 Å². The van der Waals surface area contributed by atoms with Crippen molar-refractivity contribution in [2.24, 2.45) is 0 Å². The summed E-state index contributed by atoms with van der Waals surface area (Å²) in [6.45, 7) is 2.69. The number of nitrogens with one attached hydrogen (secondary N) is 1. The summed E-state index contributed by atoms with van der Waals surface area (Å²) in [5.41, 5.74) is 1.42. The van der Waals surface area contributed by atoms with Gasteiger partial charge in [0.25, 0.3) is 0 Å². The standard InChI is InChI=1S/C23H20BrFN4O4S2/c1-3-10-29-20(16-8-9-17(24)33-16)27-28-23(29)35-12-18(30)26-21-19(22(31)32-2)15(11-34-21)13-4-6-14(25)7-5-13/h4-9,11H,3,10,12H2,1-2H3,(H,26,30). The minimum Gasteiger partial charge on any atom is -0.465 e. The molecule has 0 unspecified atom stereocenters. The minimum absolute atomic E-state index is 0.0497. The largest absolute Gasteiger partial charge is 0.465 e. The molecular formula is C23H20BrFN4O4S2. The van der Waals surface area contributed by atoms with E-state index in [-0.39, 0.29) is 23.0 Å². The Balaban J connectivity index is 1.51. The third kappa shape index (κ3) is 5.65. The molecule has 35 heavy (non-hydrogen) atoms. The number of anilines is 1. The Morgan fingerprint density at radius 1 is 1.23 bits per heavy atom. The van der Waals surface area contributed by atoms with E-state index in [1.54, 1.807) is 29.6 Å². The molecule has 0 bridgehead atoms. The lowest BCUT2D eigenvalue weighted by atomic mass is 10.0. The molecule has 1 amide bonds. The maximum atomic E-state index is 13.3. The average Bonchev–Trinajstić information content (AvgIpc) is 3.57. The highest BCUT2D eigenvalue weighted by atomic mass is 79.9. The Labute approximate surface area is 217 Å². The Morgan fingerprint density at radius 3 is 2.66 bits per heavy atom. The number of rotatable bonds is 9. The molecule has 4 rings (SSSR count). The van der Waals surface area contributed by atoms with E-state index < -0.39 is 5.97 Å². The molecule has 0 atom stereocenters. The number of esters is 1. The van der Waals surface area contributed by atoms with Gasteiger partial charge in [-0.05, 0) is 52.2 Å². The SMILES string of the molecule is CCCn1c(SCC(=O)Nc2scc(-c3ccc(F)cc3)c2C(=O)OC)nnc1-c1ccc(Br)o1. The number of hydrogen-bond acceptors (Lipinski definition) is 8. The van der Waals surface area contributed by atoms with Gasteiger partial charge in [0.2, 0.25) is 11.7 Å². The molecule has 0 aliphatic rings. The van der Waals surface area contributed by atoms with E-state index in [9.17, 15) is 14.0 Å². The van der Waals surface area contributed by atoms with E-state index in [0.717, 1.165) is 6.42 Å². The number of aromatic nitrogens is 3. The van der Waals surface area contributed by atoms with Crippen LogP contribution in [0.2, 0.25) is 0 Å². The van der Waals surface area contributed by atoms with E-state index in [2.05, 4.69) is 31.4 Å². The summed E-state index contributed by atoms with van der Waals surface area (Å²) in [5.74, 6) is -0.0903. The normalized spacial score (nSPS) is 11.0. The molecule has 182 valence electrons. The van der Waals surface area contributed by atoms with Crippen molar-refractivity contribution in [2.45, 2.75) is 25.0 Å². The van der Waals surface area contributed by atoms with E-state index in [0.29, 0.717) is 44.1 Å². The first kappa shape index (κ1) is 25.1. The first-order valence-electron chi connectivity index (χ1n) is 10.5. The number of carbonyl (C=O) groups excluding carboxylic acids is 2. The Morgan fingerprint density at radius 2 is 2.00 bits per heavy atom. The lowest BCUT2D eigenvalue weighted by Crippen LogP contribution is -2.16. The number of carbonyl (C=O) groups is 2. The fourth-order valence-electron chi connectivity index (χ4n) is 3.33. The summed E-state index contributed by atoms with van der Waals surface area (Å²) in [6.07, 6.45) is 0.844. The van der Waals surface area contributed by atoms with Crippen LogP contribution in [0.25, 0.3) is 22.7 Å². The van der Waals surface area contributed by atoms with Gasteiger partial charge in [-0.1, -0.05) is 30.8 Å². The third-order valence-corrected chi connectivity index (χ3v) is 7.17. The molecule has 3 aromatic heterocycles. The molecular weight excluding hydrogens is 559 g/mol. The molecule has 12 heteroatoms. The van der Waals surface area contributed by atoms with Gasteiger partial charge < -0.3 is 14.5 Å². The number of furan rings is 1. The molecule has 0 saturated heterocycles. The van der Waals surface area contributed by atoms with Crippen LogP contribution < -0.4 is 5.32 Å². The number of benzene rings is 1. The van der Waals surface area contributed by atoms with Crippen molar-refractivity contribution in [1.82, 2.24) is 14.8 Å². The van der Waals surface area contributed by atoms with Crippen LogP contribution in [0, 0.1) is 5.82 Å². The molecule has 0 fully saturated rings. The van der Waals surface area contributed by atoms with Crippen LogP contribution >= 0.6 is 39.0 Å². The van der Waals surface area contributed by atoms with Gasteiger partial charge in [-0.15, -0.1) is 21.5 Å². The lowest BCUT2D eigenvalue weighted by Gasteiger charge is -2.09. The first-order chi connectivity index (χ1) is 16.9. The Bertz CT molecular complexity index is 1350. The van der Waals surface area contributed by atoms with Crippen LogP contribution in [-0.4, -0.2) is 39.5 Å². The summed E-state index contributed by atoms with van der Waals surface area (Å²) in [6, 6.07) is 9.34. The smallest absolute Gasteiger partial charge is 0.341 e. The molecule has 1 N–H and O–H groups in total. The highest BCUT2D eigenvalue weighted by Gasteiger charge is 2.23. The highest BCUT2D eigenvalue weighted by Crippen LogP contribution is 2.36. The molecule has 4 aromatic rings. The van der Waals surface area contributed by atoms with Crippen LogP contribution in [0.4, 0.5) is 9.39 Å². The van der Waals surface area contributed by atoms with Crippen molar-refractivity contribution in [1.29, 1.82) is 0 Å². The van der Waals surface area contributed by atoms with Crippen molar-refractivity contribution >= 4 is 55.9 Å². The second kappa shape index (κ2) is 11.2. The van der Waals surface area contributed by atoms with Gasteiger partial charge in [0, 0.05) is 17.5 Å². The third-order valence-electron chi connectivity index (χ3n) is 4.88. The van der Waals surface area contributed by atoms with Gasteiger partial charge in [-0.3, -0.25) is 9.36 Å². The zero-order valence-electron chi connectivity index (χ0n) is 18.7. The number of methoxy groups -OCH3 is 1. The van der Waals surface area contributed by atoms with Crippen LogP contribution in [0.3, 0.4) is 0 Å². The molecule has 3 heterocycles. The average molecular weight is 579 g/mol. The number of ether oxygens (including phenoxy) is 1. The quantitative estimate of drug-likeness (QED) is 0.189. The second-order valence-electron chi connectivity index (χ2n) is 7.25. The summed E-state index contributed by atoms with van der Waals surface area (Å²) in [4.78, 5) is 25.3. The van der Waals surface area contributed by atoms with Gasteiger partial charge in [-0.25, -0.2) is 9.18 Å². The van der Waals surface area contributed by atoms with Crippen molar-refractivity contribution in [3.8, 4) is 22.7 Å². The van der Waals surface area contributed by atoms with Gasteiger partial charge in [-0.2, -0.15) is 0 Å². The van der Waals surface area contributed by atoms with Crippen molar-refractivity contribution in [2.75, 3.05) is 18.2 Å². The first-order valence-corrected chi connectivity index (χ1v) is 13.1. The number of nitrogens with zero attached hydrogens (tertiary/aromatic N) is 3. The van der Waals surface area contributed by atoms with Gasteiger partial charge >= 0.3 is 5.97 Å². The monoisotopic (exact) mass is 578 g/mol. The molecule has 0 saturated carbocycles. The predicted molar refractivity (Wildman–Crippen MR) is 136 cm³/mol. The zero-order valence-corrected chi connectivity index (χ0v) is 21.9. The Kier molecular flexibility index (Phi) is 8.04. The minimum atomic E-state index is -0.592. The van der Waals surface area contributed by atoms with Crippen LogP contribution in [-0.2, 0) is 16.1 Å². The van der Waals surface area contributed by atoms with E-state index in [1.165, 1.54) is 42.3 Å². The van der Waals surface area contributed by atoms with E-state index in [1.807, 2.05) is 11.5 Å². The highest BCUT2D eigenvalue weighted by molar-refractivity contribution is 9.10. The van der Waals surface area contributed by atoms with Gasteiger partial charge in [0.1, 0.15) is 16.4 Å². The van der Waals surface area contributed by atoms with Crippen LogP contribution in [0.15, 0.2) is 56.0 Å². The summed E-state index contributed by atoms with van der Waals surface area (Å²) in [5, 5.41) is 13.9. The Hall–Kier alpha value is -2.96. The molecule has 0 radical (unpaired) electrons. The molecule has 0 spiro atoms. The fourth-order valence-corrected chi connectivity index (χ4v) is 5.37. The summed E-state index contributed by atoms with van der Waals surface area (Å²) >= 11 is 5.72. The number of hydrogen-bond donors (Lipinski definition) is 1. The molecule has 8 nitrogen and oxygen atoms in total. The van der Waals surface area contributed by atoms with Crippen LogP contribution in [0.1, 0.15) is 23.7 Å². The number of thioether (sulfide) groups is 1. The van der Waals surface area contributed by atoms with Crippen molar-refractivity contribution in [3.63, 3.8) is 0 Å². The fraction of sp³-hybridized carbons (Fsp3) is 0.217. The maximum absolute atomic E-state index is 13.3.